The summed E-state index contributed by atoms with van der Waals surface area (Å²) in [6, 6.07) is 8.55. The molecule has 0 spiro atoms. The average Bonchev–Trinajstić information content (AvgIpc) is 2.43. The van der Waals surface area contributed by atoms with E-state index in [9.17, 15) is 9.50 Å². The Morgan fingerprint density at radius 2 is 2.00 bits per heavy atom. The van der Waals surface area contributed by atoms with Crippen molar-refractivity contribution in [2.75, 3.05) is 7.11 Å². The first-order valence-electron chi connectivity index (χ1n) is 5.91. The highest BCUT2D eigenvalue weighted by molar-refractivity contribution is 14.1. The number of hydrogen-bond acceptors (Lipinski definition) is 2. The summed E-state index contributed by atoms with van der Waals surface area (Å²) in [5, 5.41) is 10.6. The largest absolute Gasteiger partial charge is 0.496 e. The standard InChI is InChI=1S/C15H13BrFIO2/c1-8-4-3-5-9(14(8)18)15(19)10-6-11(16)12(17)7-13(10)20-2/h3-7,15,19H,1-2H3. The Balaban J connectivity index is 2.55. The van der Waals surface area contributed by atoms with Crippen LogP contribution in [0.25, 0.3) is 0 Å². The molecule has 0 aromatic heterocycles. The van der Waals surface area contributed by atoms with E-state index in [-0.39, 0.29) is 0 Å². The summed E-state index contributed by atoms with van der Waals surface area (Å²) in [5.41, 5.74) is 2.40. The molecule has 5 heteroatoms. The minimum absolute atomic E-state index is 0.301. The Kier molecular flexibility index (Phi) is 5.04. The lowest BCUT2D eigenvalue weighted by Crippen LogP contribution is -2.06. The van der Waals surface area contributed by atoms with E-state index in [0.29, 0.717) is 15.8 Å². The van der Waals surface area contributed by atoms with Crippen molar-refractivity contribution in [2.45, 2.75) is 13.0 Å². The van der Waals surface area contributed by atoms with Crippen LogP contribution in [0.5, 0.6) is 5.75 Å². The van der Waals surface area contributed by atoms with Crippen molar-refractivity contribution in [1.29, 1.82) is 0 Å². The minimum Gasteiger partial charge on any atom is -0.496 e. The number of halogens is 3. The van der Waals surface area contributed by atoms with E-state index in [0.717, 1.165) is 14.7 Å². The van der Waals surface area contributed by atoms with Crippen LogP contribution in [0.15, 0.2) is 34.8 Å². The smallest absolute Gasteiger partial charge is 0.141 e. The Morgan fingerprint density at radius 3 is 2.65 bits per heavy atom. The highest BCUT2D eigenvalue weighted by Crippen LogP contribution is 2.36. The van der Waals surface area contributed by atoms with E-state index in [1.165, 1.54) is 13.2 Å². The molecule has 106 valence electrons. The summed E-state index contributed by atoms with van der Waals surface area (Å²) in [6.07, 6.45) is -0.867. The first-order chi connectivity index (χ1) is 9.45. The van der Waals surface area contributed by atoms with E-state index in [2.05, 4.69) is 38.5 Å². The second-order valence-electron chi connectivity index (χ2n) is 4.39. The molecule has 0 aliphatic carbocycles. The van der Waals surface area contributed by atoms with Crippen LogP contribution in [0.1, 0.15) is 22.8 Å². The quantitative estimate of drug-likeness (QED) is 0.693. The number of methoxy groups -OCH3 is 1. The summed E-state index contributed by atoms with van der Waals surface area (Å²) in [5.74, 6) is -0.0905. The number of benzene rings is 2. The van der Waals surface area contributed by atoms with Gasteiger partial charge < -0.3 is 9.84 Å². The lowest BCUT2D eigenvalue weighted by atomic mass is 9.99. The van der Waals surface area contributed by atoms with Crippen LogP contribution in [-0.4, -0.2) is 12.2 Å². The molecular formula is C15H13BrFIO2. The SMILES string of the molecule is COc1cc(F)c(Br)cc1C(O)c1cccc(C)c1I. The van der Waals surface area contributed by atoms with E-state index >= 15 is 0 Å². The van der Waals surface area contributed by atoms with Gasteiger partial charge in [0.05, 0.1) is 11.6 Å². The number of aliphatic hydroxyl groups excluding tert-OH is 1. The maximum atomic E-state index is 13.5. The van der Waals surface area contributed by atoms with Crippen molar-refractivity contribution in [3.8, 4) is 5.75 Å². The molecule has 1 unspecified atom stereocenters. The summed E-state index contributed by atoms with van der Waals surface area (Å²) in [4.78, 5) is 0. The molecule has 0 aliphatic heterocycles. The van der Waals surface area contributed by atoms with Gasteiger partial charge in [0.25, 0.3) is 0 Å². The van der Waals surface area contributed by atoms with Crippen molar-refractivity contribution >= 4 is 38.5 Å². The Labute approximate surface area is 139 Å². The van der Waals surface area contributed by atoms with Crippen LogP contribution in [0.2, 0.25) is 0 Å². The van der Waals surface area contributed by atoms with Gasteiger partial charge in [0, 0.05) is 15.2 Å². The molecule has 1 atom stereocenters. The Hall–Kier alpha value is -0.660. The van der Waals surface area contributed by atoms with Crippen LogP contribution in [0, 0.1) is 16.3 Å². The van der Waals surface area contributed by atoms with Gasteiger partial charge in [-0.3, -0.25) is 0 Å². The number of ether oxygens (including phenoxy) is 1. The van der Waals surface area contributed by atoms with Crippen molar-refractivity contribution in [2.24, 2.45) is 0 Å². The molecule has 20 heavy (non-hydrogen) atoms. The number of aliphatic hydroxyl groups is 1. The zero-order valence-corrected chi connectivity index (χ0v) is 14.7. The molecule has 1 N–H and O–H groups in total. The fraction of sp³-hybridized carbons (Fsp3) is 0.200. The predicted octanol–water partition coefficient (Wildman–Crippen LogP) is 4.59. The average molecular weight is 451 g/mol. The molecule has 0 heterocycles. The molecule has 2 nitrogen and oxygen atoms in total. The zero-order chi connectivity index (χ0) is 14.9. The third-order valence-corrected chi connectivity index (χ3v) is 5.16. The fourth-order valence-electron chi connectivity index (χ4n) is 1.98. The van der Waals surface area contributed by atoms with Crippen molar-refractivity contribution in [3.63, 3.8) is 0 Å². The summed E-state index contributed by atoms with van der Waals surface area (Å²) < 4.78 is 20.0. The molecule has 0 radical (unpaired) electrons. The molecule has 0 saturated heterocycles. The molecule has 0 bridgehead atoms. The van der Waals surface area contributed by atoms with E-state index in [4.69, 9.17) is 4.74 Å². The summed E-state index contributed by atoms with van der Waals surface area (Å²) >= 11 is 5.34. The van der Waals surface area contributed by atoms with E-state index < -0.39 is 11.9 Å². The lowest BCUT2D eigenvalue weighted by molar-refractivity contribution is 0.213. The molecule has 2 aromatic carbocycles. The van der Waals surface area contributed by atoms with Gasteiger partial charge in [0.15, 0.2) is 0 Å². The highest BCUT2D eigenvalue weighted by atomic mass is 127. The first-order valence-corrected chi connectivity index (χ1v) is 7.79. The number of rotatable bonds is 3. The normalized spacial score (nSPS) is 12.3. The predicted molar refractivity (Wildman–Crippen MR) is 88.6 cm³/mol. The third kappa shape index (κ3) is 2.99. The number of aryl methyl sites for hydroxylation is 1. The molecule has 0 aliphatic rings. The van der Waals surface area contributed by atoms with Gasteiger partial charge in [-0.2, -0.15) is 0 Å². The van der Waals surface area contributed by atoms with Crippen LogP contribution >= 0.6 is 38.5 Å². The van der Waals surface area contributed by atoms with Crippen LogP contribution in [-0.2, 0) is 0 Å². The van der Waals surface area contributed by atoms with Gasteiger partial charge in [0.1, 0.15) is 17.7 Å². The third-order valence-electron chi connectivity index (χ3n) is 3.08. The van der Waals surface area contributed by atoms with E-state index in [1.54, 1.807) is 6.07 Å². The Bertz CT molecular complexity index is 646. The number of hydrogen-bond donors (Lipinski definition) is 1. The summed E-state index contributed by atoms with van der Waals surface area (Å²) in [7, 11) is 1.46. The summed E-state index contributed by atoms with van der Waals surface area (Å²) in [6.45, 7) is 1.98. The maximum absolute atomic E-state index is 13.5. The molecule has 0 saturated carbocycles. The maximum Gasteiger partial charge on any atom is 0.141 e. The first kappa shape index (κ1) is 15.7. The lowest BCUT2D eigenvalue weighted by Gasteiger charge is -2.18. The minimum atomic E-state index is -0.867. The highest BCUT2D eigenvalue weighted by Gasteiger charge is 2.20. The zero-order valence-electron chi connectivity index (χ0n) is 11.0. The van der Waals surface area contributed by atoms with Crippen LogP contribution in [0.4, 0.5) is 4.39 Å². The van der Waals surface area contributed by atoms with E-state index in [1.807, 2.05) is 25.1 Å². The van der Waals surface area contributed by atoms with Crippen molar-refractivity contribution < 1.29 is 14.2 Å². The van der Waals surface area contributed by atoms with Gasteiger partial charge in [-0.15, -0.1) is 0 Å². The fourth-order valence-corrected chi connectivity index (χ4v) is 3.00. The molecule has 2 rings (SSSR count). The molecule has 0 amide bonds. The van der Waals surface area contributed by atoms with Gasteiger partial charge in [-0.25, -0.2) is 4.39 Å². The van der Waals surface area contributed by atoms with Crippen molar-refractivity contribution in [1.82, 2.24) is 0 Å². The second-order valence-corrected chi connectivity index (χ2v) is 6.32. The van der Waals surface area contributed by atoms with Crippen molar-refractivity contribution in [3.05, 3.63) is 60.9 Å². The van der Waals surface area contributed by atoms with Gasteiger partial charge in [-0.1, -0.05) is 18.2 Å². The topological polar surface area (TPSA) is 29.5 Å². The van der Waals surface area contributed by atoms with Gasteiger partial charge in [0.2, 0.25) is 0 Å². The van der Waals surface area contributed by atoms with Crippen LogP contribution in [0.3, 0.4) is 0 Å². The second kappa shape index (κ2) is 6.41. The Morgan fingerprint density at radius 1 is 1.30 bits per heavy atom. The van der Waals surface area contributed by atoms with Crippen LogP contribution < -0.4 is 4.74 Å². The monoisotopic (exact) mass is 450 g/mol. The molecular weight excluding hydrogens is 438 g/mol. The molecule has 0 fully saturated rings. The van der Waals surface area contributed by atoms with Gasteiger partial charge in [-0.05, 0) is 62.6 Å². The van der Waals surface area contributed by atoms with Gasteiger partial charge >= 0.3 is 0 Å². The molecule has 2 aromatic rings.